The Labute approximate surface area is 148 Å². The van der Waals surface area contributed by atoms with Crippen LogP contribution in [0.25, 0.3) is 0 Å². The molecule has 0 aliphatic carbocycles. The Morgan fingerprint density at radius 3 is 2.56 bits per heavy atom. The number of carbonyl (C=O) groups is 2. The average molecular weight is 355 g/mol. The lowest BCUT2D eigenvalue weighted by Crippen LogP contribution is -2.11. The number of nitrogens with one attached hydrogen (secondary N) is 2. The summed E-state index contributed by atoms with van der Waals surface area (Å²) in [7, 11) is 0. The number of ether oxygens (including phenoxy) is 1. The molecule has 128 valence electrons. The zero-order valence-electron chi connectivity index (χ0n) is 13.8. The van der Waals surface area contributed by atoms with Crippen molar-refractivity contribution in [3.8, 4) is 5.75 Å². The summed E-state index contributed by atoms with van der Waals surface area (Å²) in [6, 6.07) is 11.9. The second-order valence-corrected chi connectivity index (χ2v) is 6.66. The summed E-state index contributed by atoms with van der Waals surface area (Å²) in [5.74, 6) is -0.0653. The van der Waals surface area contributed by atoms with Gasteiger partial charge >= 0.3 is 5.97 Å². The lowest BCUT2D eigenvalue weighted by molar-refractivity contribution is 0.0728. The number of thiophene rings is 1. The lowest BCUT2D eigenvalue weighted by atomic mass is 10.1. The molecule has 0 bridgehead atoms. The van der Waals surface area contributed by atoms with Crippen LogP contribution in [-0.4, -0.2) is 22.1 Å². The van der Waals surface area contributed by atoms with Crippen LogP contribution >= 0.6 is 11.3 Å². The van der Waals surface area contributed by atoms with Crippen LogP contribution in [0.15, 0.2) is 47.8 Å². The quantitative estimate of drug-likeness (QED) is 0.534. The molecule has 0 spiro atoms. The van der Waals surface area contributed by atoms with Crippen molar-refractivity contribution < 1.29 is 14.3 Å². The van der Waals surface area contributed by atoms with Gasteiger partial charge < -0.3 is 10.1 Å². The number of carbonyl (C=O) groups excluding carboxylic acids is 2. The molecule has 0 atom stereocenters. The topological polar surface area (TPSA) is 84.1 Å². The first kappa shape index (κ1) is 16.9. The first-order valence-electron chi connectivity index (χ1n) is 7.75. The highest BCUT2D eigenvalue weighted by Crippen LogP contribution is 2.19. The molecule has 3 aromatic rings. The molecule has 0 aliphatic rings. The number of hydrogen-bond acceptors (Lipinski definition) is 5. The maximum absolute atomic E-state index is 12.1. The molecule has 25 heavy (non-hydrogen) atoms. The first-order chi connectivity index (χ1) is 12.0. The molecule has 7 heteroatoms. The molecule has 3 rings (SSSR count). The third kappa shape index (κ3) is 4.13. The van der Waals surface area contributed by atoms with Crippen molar-refractivity contribution in [2.45, 2.75) is 19.8 Å². The van der Waals surface area contributed by atoms with Crippen LogP contribution in [-0.2, 0) is 0 Å². The van der Waals surface area contributed by atoms with Crippen molar-refractivity contribution in [2.24, 2.45) is 0 Å². The molecule has 1 amide bonds. The van der Waals surface area contributed by atoms with E-state index in [-0.39, 0.29) is 17.5 Å². The summed E-state index contributed by atoms with van der Waals surface area (Å²) in [6.07, 6.45) is 0. The maximum Gasteiger partial charge on any atom is 0.364 e. The van der Waals surface area contributed by atoms with Crippen LogP contribution in [0.2, 0.25) is 0 Å². The molecule has 6 nitrogen and oxygen atoms in total. The van der Waals surface area contributed by atoms with Gasteiger partial charge in [0.2, 0.25) is 0 Å². The van der Waals surface area contributed by atoms with Crippen molar-refractivity contribution in [2.75, 3.05) is 5.32 Å². The molecule has 2 aromatic heterocycles. The minimum absolute atomic E-state index is 0.169. The Morgan fingerprint density at radius 2 is 1.96 bits per heavy atom. The highest BCUT2D eigenvalue weighted by atomic mass is 32.1. The standard InChI is InChI=1S/C18H17N3O3S/c1-11(2)14-10-15(21-20-14)18(23)24-13-7-5-12(6-8-13)19-17(22)16-4-3-9-25-16/h3-11H,1-2H3,(H,19,22)(H,20,21). The summed E-state index contributed by atoms with van der Waals surface area (Å²) < 4.78 is 5.29. The fourth-order valence-corrected chi connectivity index (χ4v) is 2.72. The number of anilines is 1. The number of hydrogen-bond donors (Lipinski definition) is 2. The van der Waals surface area contributed by atoms with E-state index in [0.29, 0.717) is 16.3 Å². The van der Waals surface area contributed by atoms with E-state index in [9.17, 15) is 9.59 Å². The van der Waals surface area contributed by atoms with Crippen molar-refractivity contribution >= 4 is 28.9 Å². The SMILES string of the molecule is CC(C)c1cc(C(=O)Oc2ccc(NC(=O)c3cccs3)cc2)n[nH]1. The van der Waals surface area contributed by atoms with E-state index < -0.39 is 5.97 Å². The van der Waals surface area contributed by atoms with Crippen molar-refractivity contribution in [1.29, 1.82) is 0 Å². The summed E-state index contributed by atoms with van der Waals surface area (Å²) in [5.41, 5.74) is 1.73. The van der Waals surface area contributed by atoms with Gasteiger partial charge in [0.15, 0.2) is 5.69 Å². The molecule has 1 aromatic carbocycles. The van der Waals surface area contributed by atoms with Crippen LogP contribution in [0.3, 0.4) is 0 Å². The van der Waals surface area contributed by atoms with Crippen LogP contribution in [0.4, 0.5) is 5.69 Å². The Balaban J connectivity index is 1.62. The van der Waals surface area contributed by atoms with Gasteiger partial charge in [-0.3, -0.25) is 9.89 Å². The molecule has 0 fully saturated rings. The fraction of sp³-hybridized carbons (Fsp3) is 0.167. The molecule has 0 unspecified atom stereocenters. The third-order valence-corrected chi connectivity index (χ3v) is 4.37. The number of aromatic nitrogens is 2. The van der Waals surface area contributed by atoms with Gasteiger partial charge in [0.25, 0.3) is 5.91 Å². The first-order valence-corrected chi connectivity index (χ1v) is 8.63. The van der Waals surface area contributed by atoms with E-state index in [2.05, 4.69) is 15.5 Å². The van der Waals surface area contributed by atoms with Gasteiger partial charge in [0, 0.05) is 11.4 Å². The van der Waals surface area contributed by atoms with E-state index in [1.165, 1.54) is 11.3 Å². The van der Waals surface area contributed by atoms with E-state index in [4.69, 9.17) is 4.74 Å². The van der Waals surface area contributed by atoms with Gasteiger partial charge in [0.05, 0.1) is 4.88 Å². The summed E-state index contributed by atoms with van der Waals surface area (Å²) >= 11 is 1.37. The highest BCUT2D eigenvalue weighted by molar-refractivity contribution is 7.12. The molecule has 0 saturated carbocycles. The minimum Gasteiger partial charge on any atom is -0.422 e. The third-order valence-electron chi connectivity index (χ3n) is 3.50. The lowest BCUT2D eigenvalue weighted by Gasteiger charge is -2.06. The Bertz CT molecular complexity index is 867. The van der Waals surface area contributed by atoms with Crippen LogP contribution in [0.1, 0.15) is 45.6 Å². The van der Waals surface area contributed by atoms with E-state index in [0.717, 1.165) is 5.69 Å². The van der Waals surface area contributed by atoms with Crippen molar-refractivity contribution in [1.82, 2.24) is 10.2 Å². The van der Waals surface area contributed by atoms with E-state index in [1.54, 1.807) is 36.4 Å². The normalized spacial score (nSPS) is 10.7. The number of nitrogens with zero attached hydrogens (tertiary/aromatic N) is 1. The van der Waals surface area contributed by atoms with Gasteiger partial charge in [-0.15, -0.1) is 11.3 Å². The van der Waals surface area contributed by atoms with E-state index >= 15 is 0 Å². The average Bonchev–Trinajstić information content (AvgIpc) is 3.28. The Hall–Kier alpha value is -2.93. The zero-order valence-corrected chi connectivity index (χ0v) is 14.6. The number of amides is 1. The Kier molecular flexibility index (Phi) is 4.95. The number of aromatic amines is 1. The minimum atomic E-state index is -0.529. The van der Waals surface area contributed by atoms with Gasteiger partial charge in [-0.1, -0.05) is 19.9 Å². The molecule has 2 heterocycles. The zero-order chi connectivity index (χ0) is 17.8. The molecule has 0 saturated heterocycles. The van der Waals surface area contributed by atoms with Crippen LogP contribution < -0.4 is 10.1 Å². The second-order valence-electron chi connectivity index (χ2n) is 5.71. The molecule has 2 N–H and O–H groups in total. The second kappa shape index (κ2) is 7.31. The monoisotopic (exact) mass is 355 g/mol. The molecule has 0 aliphatic heterocycles. The Morgan fingerprint density at radius 1 is 1.20 bits per heavy atom. The summed E-state index contributed by atoms with van der Waals surface area (Å²) in [6.45, 7) is 4.01. The predicted octanol–water partition coefficient (Wildman–Crippen LogP) is 4.07. The smallest absolute Gasteiger partial charge is 0.364 e. The van der Waals surface area contributed by atoms with Crippen molar-refractivity contribution in [3.05, 3.63) is 64.1 Å². The van der Waals surface area contributed by atoms with Gasteiger partial charge in [-0.05, 0) is 47.7 Å². The van der Waals surface area contributed by atoms with Crippen LogP contribution in [0, 0.1) is 0 Å². The molecular weight excluding hydrogens is 338 g/mol. The number of benzene rings is 1. The predicted molar refractivity (Wildman–Crippen MR) is 96.3 cm³/mol. The van der Waals surface area contributed by atoms with Crippen molar-refractivity contribution in [3.63, 3.8) is 0 Å². The number of esters is 1. The summed E-state index contributed by atoms with van der Waals surface area (Å²) in [4.78, 5) is 24.7. The fourth-order valence-electron chi connectivity index (χ4n) is 2.10. The largest absolute Gasteiger partial charge is 0.422 e. The highest BCUT2D eigenvalue weighted by Gasteiger charge is 2.14. The molecule has 0 radical (unpaired) electrons. The van der Waals surface area contributed by atoms with Gasteiger partial charge in [0.1, 0.15) is 5.75 Å². The van der Waals surface area contributed by atoms with Gasteiger partial charge in [-0.2, -0.15) is 5.10 Å². The maximum atomic E-state index is 12.1. The number of rotatable bonds is 5. The summed E-state index contributed by atoms with van der Waals surface area (Å²) in [5, 5.41) is 11.4. The van der Waals surface area contributed by atoms with E-state index in [1.807, 2.05) is 25.3 Å². The van der Waals surface area contributed by atoms with Crippen LogP contribution in [0.5, 0.6) is 5.75 Å². The molecular formula is C18H17N3O3S. The number of H-pyrrole nitrogens is 1. The van der Waals surface area contributed by atoms with Gasteiger partial charge in [-0.25, -0.2) is 4.79 Å².